The number of nitrogens with zero attached hydrogens (tertiary/aromatic N) is 1. The number of hydrogen-bond donors (Lipinski definition) is 1. The predicted molar refractivity (Wildman–Crippen MR) is 82.8 cm³/mol. The average Bonchev–Trinajstić information content (AvgIpc) is 2.69. The first-order valence-electron chi connectivity index (χ1n) is 7.52. The highest BCUT2D eigenvalue weighted by molar-refractivity contribution is 5.19. The van der Waals surface area contributed by atoms with Gasteiger partial charge in [-0.05, 0) is 53.3 Å². The summed E-state index contributed by atoms with van der Waals surface area (Å²) in [6, 6.07) is 3.16. The van der Waals surface area contributed by atoms with Crippen molar-refractivity contribution >= 4 is 0 Å². The molecule has 0 radical (unpaired) electrons. The lowest BCUT2D eigenvalue weighted by molar-refractivity contribution is 0.0616. The molecule has 1 aromatic heterocycles. The maximum Gasteiger partial charge on any atom is 0.130 e. The molecule has 0 aliphatic heterocycles. The molecule has 0 atom stereocenters. The zero-order valence-corrected chi connectivity index (χ0v) is 13.8. The Morgan fingerprint density at radius 3 is 2.45 bits per heavy atom. The summed E-state index contributed by atoms with van der Waals surface area (Å²) < 4.78 is 11.5. The number of furan rings is 1. The highest BCUT2D eigenvalue weighted by atomic mass is 16.5. The van der Waals surface area contributed by atoms with Crippen LogP contribution in [0.5, 0.6) is 0 Å². The van der Waals surface area contributed by atoms with E-state index >= 15 is 0 Å². The van der Waals surface area contributed by atoms with Crippen LogP contribution in [-0.4, -0.2) is 37.2 Å². The van der Waals surface area contributed by atoms with Gasteiger partial charge in [0.1, 0.15) is 18.1 Å². The lowest BCUT2D eigenvalue weighted by Gasteiger charge is -2.30. The van der Waals surface area contributed by atoms with Crippen molar-refractivity contribution in [1.82, 2.24) is 10.2 Å². The van der Waals surface area contributed by atoms with E-state index < -0.39 is 0 Å². The molecule has 0 aromatic carbocycles. The number of hydrogen-bond acceptors (Lipinski definition) is 4. The molecule has 0 spiro atoms. The van der Waals surface area contributed by atoms with Crippen LogP contribution < -0.4 is 5.32 Å². The maximum absolute atomic E-state index is 5.76. The first kappa shape index (κ1) is 17.2. The summed E-state index contributed by atoms with van der Waals surface area (Å²) in [7, 11) is 1.92. The molecule has 0 aliphatic rings. The Morgan fingerprint density at radius 2 is 1.90 bits per heavy atom. The normalized spacial score (nSPS) is 12.1. The Morgan fingerprint density at radius 1 is 1.25 bits per heavy atom. The van der Waals surface area contributed by atoms with Gasteiger partial charge in [0.2, 0.25) is 0 Å². The Kier molecular flexibility index (Phi) is 7.27. The standard InChI is InChI=1S/C16H30N2O2/c1-12(2)18(13(3)4)7-8-19-11-15-9-14(5)16(20-15)10-17-6/h9,12-13,17H,7-8,10-11H2,1-6H3. The van der Waals surface area contributed by atoms with E-state index in [1.165, 1.54) is 5.56 Å². The van der Waals surface area contributed by atoms with Crippen LogP contribution in [0.4, 0.5) is 0 Å². The third-order valence-electron chi connectivity index (χ3n) is 3.47. The van der Waals surface area contributed by atoms with Crippen LogP contribution in [0.2, 0.25) is 0 Å². The molecule has 20 heavy (non-hydrogen) atoms. The lowest BCUT2D eigenvalue weighted by Crippen LogP contribution is -2.39. The number of ether oxygens (including phenoxy) is 1. The minimum absolute atomic E-state index is 0.548. The molecule has 4 heteroatoms. The van der Waals surface area contributed by atoms with E-state index in [1.54, 1.807) is 0 Å². The molecule has 1 rings (SSSR count). The minimum atomic E-state index is 0.548. The number of nitrogens with one attached hydrogen (secondary N) is 1. The van der Waals surface area contributed by atoms with Crippen molar-refractivity contribution in [2.24, 2.45) is 0 Å². The Labute approximate surface area is 123 Å². The third-order valence-corrected chi connectivity index (χ3v) is 3.47. The summed E-state index contributed by atoms with van der Waals surface area (Å²) in [5.74, 6) is 1.91. The molecule has 0 bridgehead atoms. The van der Waals surface area contributed by atoms with E-state index in [4.69, 9.17) is 9.15 Å². The van der Waals surface area contributed by atoms with Crippen molar-refractivity contribution in [3.63, 3.8) is 0 Å². The molecule has 0 aliphatic carbocycles. The third kappa shape index (κ3) is 5.27. The van der Waals surface area contributed by atoms with Gasteiger partial charge in [-0.3, -0.25) is 4.90 Å². The van der Waals surface area contributed by atoms with Crippen molar-refractivity contribution < 1.29 is 9.15 Å². The van der Waals surface area contributed by atoms with Crippen molar-refractivity contribution in [3.8, 4) is 0 Å². The molecule has 0 saturated carbocycles. The van der Waals surface area contributed by atoms with Crippen LogP contribution >= 0.6 is 0 Å². The van der Waals surface area contributed by atoms with Crippen LogP contribution in [0.3, 0.4) is 0 Å². The minimum Gasteiger partial charge on any atom is -0.462 e. The molecule has 0 saturated heterocycles. The molecule has 116 valence electrons. The lowest BCUT2D eigenvalue weighted by atomic mass is 10.2. The van der Waals surface area contributed by atoms with Gasteiger partial charge < -0.3 is 14.5 Å². The first-order chi connectivity index (χ1) is 9.45. The van der Waals surface area contributed by atoms with Gasteiger partial charge >= 0.3 is 0 Å². The van der Waals surface area contributed by atoms with Gasteiger partial charge in [-0.15, -0.1) is 0 Å². The van der Waals surface area contributed by atoms with E-state index in [0.29, 0.717) is 18.7 Å². The van der Waals surface area contributed by atoms with Gasteiger partial charge in [-0.1, -0.05) is 0 Å². The molecule has 0 fully saturated rings. The molecule has 1 N–H and O–H groups in total. The van der Waals surface area contributed by atoms with Crippen molar-refractivity contribution in [2.75, 3.05) is 20.2 Å². The SMILES string of the molecule is CNCc1oc(COCCN(C(C)C)C(C)C)cc1C. The number of aryl methyl sites for hydroxylation is 1. The van der Waals surface area contributed by atoms with E-state index in [2.05, 4.69) is 50.9 Å². The fourth-order valence-corrected chi connectivity index (χ4v) is 2.45. The number of rotatable bonds is 9. The van der Waals surface area contributed by atoms with E-state index in [9.17, 15) is 0 Å². The fraction of sp³-hybridized carbons (Fsp3) is 0.750. The predicted octanol–water partition coefficient (Wildman–Crippen LogP) is 2.94. The molecule has 1 heterocycles. The zero-order valence-electron chi connectivity index (χ0n) is 13.8. The average molecular weight is 282 g/mol. The van der Waals surface area contributed by atoms with Gasteiger partial charge in [-0.2, -0.15) is 0 Å². The molecular weight excluding hydrogens is 252 g/mol. The summed E-state index contributed by atoms with van der Waals surface area (Å²) in [5, 5.41) is 3.10. The van der Waals surface area contributed by atoms with E-state index in [1.807, 2.05) is 7.05 Å². The largest absolute Gasteiger partial charge is 0.462 e. The van der Waals surface area contributed by atoms with Crippen LogP contribution in [0.15, 0.2) is 10.5 Å². The Bertz CT molecular complexity index is 378. The van der Waals surface area contributed by atoms with Crippen molar-refractivity contribution in [2.45, 2.75) is 59.9 Å². The summed E-state index contributed by atoms with van der Waals surface area (Å²) in [6.45, 7) is 14.0. The molecule has 4 nitrogen and oxygen atoms in total. The summed E-state index contributed by atoms with van der Waals surface area (Å²) in [5.41, 5.74) is 1.18. The summed E-state index contributed by atoms with van der Waals surface area (Å²) in [4.78, 5) is 2.43. The highest BCUT2D eigenvalue weighted by Crippen LogP contribution is 2.15. The van der Waals surface area contributed by atoms with E-state index in [0.717, 1.165) is 31.2 Å². The van der Waals surface area contributed by atoms with Crippen LogP contribution in [0.1, 0.15) is 44.8 Å². The van der Waals surface area contributed by atoms with Gasteiger partial charge in [0.25, 0.3) is 0 Å². The van der Waals surface area contributed by atoms with Crippen LogP contribution in [0, 0.1) is 6.92 Å². The zero-order chi connectivity index (χ0) is 15.1. The van der Waals surface area contributed by atoms with Crippen LogP contribution in [0.25, 0.3) is 0 Å². The Hall–Kier alpha value is -0.840. The fourth-order valence-electron chi connectivity index (χ4n) is 2.45. The topological polar surface area (TPSA) is 37.6 Å². The smallest absolute Gasteiger partial charge is 0.130 e. The molecule has 0 unspecified atom stereocenters. The Balaban J connectivity index is 2.35. The monoisotopic (exact) mass is 282 g/mol. The quantitative estimate of drug-likeness (QED) is 0.707. The van der Waals surface area contributed by atoms with Crippen molar-refractivity contribution in [3.05, 3.63) is 23.2 Å². The maximum atomic E-state index is 5.76. The summed E-state index contributed by atoms with van der Waals surface area (Å²) in [6.07, 6.45) is 0. The van der Waals surface area contributed by atoms with E-state index in [-0.39, 0.29) is 0 Å². The molecule has 0 amide bonds. The highest BCUT2D eigenvalue weighted by Gasteiger charge is 2.13. The van der Waals surface area contributed by atoms with Crippen LogP contribution in [-0.2, 0) is 17.9 Å². The van der Waals surface area contributed by atoms with Gasteiger partial charge in [0, 0.05) is 18.6 Å². The van der Waals surface area contributed by atoms with Gasteiger partial charge in [0.05, 0.1) is 13.2 Å². The second kappa shape index (κ2) is 8.45. The summed E-state index contributed by atoms with van der Waals surface area (Å²) >= 11 is 0. The van der Waals surface area contributed by atoms with Crippen molar-refractivity contribution in [1.29, 1.82) is 0 Å². The second-order valence-electron chi connectivity index (χ2n) is 5.83. The second-order valence-corrected chi connectivity index (χ2v) is 5.83. The van der Waals surface area contributed by atoms with Gasteiger partial charge in [0.15, 0.2) is 0 Å². The first-order valence-corrected chi connectivity index (χ1v) is 7.52. The molecular formula is C16H30N2O2. The molecule has 1 aromatic rings. The van der Waals surface area contributed by atoms with Gasteiger partial charge in [-0.25, -0.2) is 0 Å².